The maximum absolute atomic E-state index is 10.5. The molecule has 0 aliphatic heterocycles. The SMILES string of the molecule is CSC[C@H](CCO)Nc1ccc([N+](=O)[O-])cc1. The molecule has 0 aliphatic carbocycles. The van der Waals surface area contributed by atoms with Gasteiger partial charge in [0.05, 0.1) is 4.92 Å². The van der Waals surface area contributed by atoms with E-state index in [-0.39, 0.29) is 18.3 Å². The van der Waals surface area contributed by atoms with E-state index in [2.05, 4.69) is 5.32 Å². The quantitative estimate of drug-likeness (QED) is 0.577. The first-order valence-corrected chi connectivity index (χ1v) is 6.67. The standard InChI is InChI=1S/C11H16N2O3S/c1-17-8-10(6-7-14)12-9-2-4-11(5-3-9)13(15)16/h2-5,10,12,14H,6-8H2,1H3/t10-/m0/s1. The van der Waals surface area contributed by atoms with Gasteiger partial charge in [-0.1, -0.05) is 0 Å². The Kier molecular flexibility index (Phi) is 5.79. The number of aliphatic hydroxyl groups is 1. The summed E-state index contributed by atoms with van der Waals surface area (Å²) in [6, 6.07) is 6.48. The summed E-state index contributed by atoms with van der Waals surface area (Å²) < 4.78 is 0. The van der Waals surface area contributed by atoms with Gasteiger partial charge in [0.1, 0.15) is 0 Å². The predicted molar refractivity (Wildman–Crippen MR) is 70.6 cm³/mol. The van der Waals surface area contributed by atoms with Gasteiger partial charge in [-0.2, -0.15) is 11.8 Å². The first-order chi connectivity index (χ1) is 8.17. The summed E-state index contributed by atoms with van der Waals surface area (Å²) in [5.41, 5.74) is 0.919. The van der Waals surface area contributed by atoms with Gasteiger partial charge in [0.25, 0.3) is 5.69 Å². The van der Waals surface area contributed by atoms with Crippen molar-refractivity contribution >= 4 is 23.1 Å². The molecule has 94 valence electrons. The summed E-state index contributed by atoms with van der Waals surface area (Å²) in [5.74, 6) is 0.886. The number of non-ortho nitro benzene ring substituents is 1. The molecule has 0 saturated carbocycles. The van der Waals surface area contributed by atoms with E-state index in [1.165, 1.54) is 12.1 Å². The predicted octanol–water partition coefficient (Wildman–Crippen LogP) is 2.12. The minimum Gasteiger partial charge on any atom is -0.396 e. The smallest absolute Gasteiger partial charge is 0.269 e. The Morgan fingerprint density at radius 2 is 2.12 bits per heavy atom. The maximum atomic E-state index is 10.5. The van der Waals surface area contributed by atoms with Crippen molar-refractivity contribution in [1.29, 1.82) is 0 Å². The van der Waals surface area contributed by atoms with Crippen LogP contribution in [0.25, 0.3) is 0 Å². The van der Waals surface area contributed by atoms with Gasteiger partial charge in [-0.25, -0.2) is 0 Å². The van der Waals surface area contributed by atoms with Gasteiger partial charge >= 0.3 is 0 Å². The number of benzene rings is 1. The second-order valence-corrected chi connectivity index (χ2v) is 4.52. The van der Waals surface area contributed by atoms with Crippen LogP contribution in [0.4, 0.5) is 11.4 Å². The molecule has 0 aromatic heterocycles. The minimum atomic E-state index is -0.420. The number of rotatable bonds is 7. The van der Waals surface area contributed by atoms with E-state index >= 15 is 0 Å². The third-order valence-electron chi connectivity index (χ3n) is 2.29. The Labute approximate surface area is 104 Å². The van der Waals surface area contributed by atoms with Gasteiger partial charge in [0, 0.05) is 36.2 Å². The van der Waals surface area contributed by atoms with Crippen molar-refractivity contribution in [2.24, 2.45) is 0 Å². The molecule has 5 nitrogen and oxygen atoms in total. The number of thioether (sulfide) groups is 1. The zero-order valence-corrected chi connectivity index (χ0v) is 10.4. The molecule has 0 spiro atoms. The van der Waals surface area contributed by atoms with E-state index in [4.69, 9.17) is 5.11 Å². The van der Waals surface area contributed by atoms with Crippen molar-refractivity contribution in [2.75, 3.05) is 23.9 Å². The molecule has 0 heterocycles. The second-order valence-electron chi connectivity index (χ2n) is 3.61. The third-order valence-corrected chi connectivity index (χ3v) is 3.03. The molecule has 0 radical (unpaired) electrons. The van der Waals surface area contributed by atoms with Crippen LogP contribution in [-0.4, -0.2) is 34.7 Å². The average Bonchev–Trinajstić information content (AvgIpc) is 2.30. The summed E-state index contributed by atoms with van der Waals surface area (Å²) in [7, 11) is 0. The second kappa shape index (κ2) is 7.13. The molecule has 1 rings (SSSR count). The lowest BCUT2D eigenvalue weighted by Crippen LogP contribution is -2.23. The molecule has 2 N–H and O–H groups in total. The number of nitro benzene ring substituents is 1. The molecule has 0 unspecified atom stereocenters. The summed E-state index contributed by atoms with van der Waals surface area (Å²) in [4.78, 5) is 10.1. The fourth-order valence-electron chi connectivity index (χ4n) is 1.47. The van der Waals surface area contributed by atoms with E-state index in [9.17, 15) is 10.1 Å². The van der Waals surface area contributed by atoms with Crippen LogP contribution in [0.15, 0.2) is 24.3 Å². The molecule has 0 amide bonds. The number of anilines is 1. The topological polar surface area (TPSA) is 75.4 Å². The van der Waals surface area contributed by atoms with Crippen LogP contribution >= 0.6 is 11.8 Å². The van der Waals surface area contributed by atoms with Crippen molar-refractivity contribution in [3.05, 3.63) is 34.4 Å². The van der Waals surface area contributed by atoms with Gasteiger partial charge in [-0.15, -0.1) is 0 Å². The highest BCUT2D eigenvalue weighted by Gasteiger charge is 2.08. The number of nitrogens with one attached hydrogen (secondary N) is 1. The van der Waals surface area contributed by atoms with Crippen molar-refractivity contribution in [2.45, 2.75) is 12.5 Å². The number of hydrogen-bond acceptors (Lipinski definition) is 5. The Morgan fingerprint density at radius 1 is 1.47 bits per heavy atom. The van der Waals surface area contributed by atoms with E-state index < -0.39 is 4.92 Å². The third kappa shape index (κ3) is 4.62. The summed E-state index contributed by atoms with van der Waals surface area (Å²) in [6.45, 7) is 0.130. The highest BCUT2D eigenvalue weighted by atomic mass is 32.2. The van der Waals surface area contributed by atoms with Crippen molar-refractivity contribution < 1.29 is 10.0 Å². The Balaban J connectivity index is 2.62. The number of nitrogens with zero attached hydrogens (tertiary/aromatic N) is 1. The van der Waals surface area contributed by atoms with Crippen LogP contribution in [0.3, 0.4) is 0 Å². The van der Waals surface area contributed by atoms with Gasteiger partial charge in [-0.3, -0.25) is 10.1 Å². The van der Waals surface area contributed by atoms with Gasteiger partial charge in [0.2, 0.25) is 0 Å². The minimum absolute atomic E-state index is 0.0825. The van der Waals surface area contributed by atoms with Crippen LogP contribution in [0, 0.1) is 10.1 Å². The Hall–Kier alpha value is -1.27. The monoisotopic (exact) mass is 256 g/mol. The lowest BCUT2D eigenvalue weighted by Gasteiger charge is -2.17. The molecule has 17 heavy (non-hydrogen) atoms. The van der Waals surface area contributed by atoms with E-state index in [1.54, 1.807) is 23.9 Å². The number of hydrogen-bond donors (Lipinski definition) is 2. The normalized spacial score (nSPS) is 12.1. The fourth-order valence-corrected chi connectivity index (χ4v) is 2.12. The van der Waals surface area contributed by atoms with Crippen LogP contribution in [0.2, 0.25) is 0 Å². The summed E-state index contributed by atoms with van der Waals surface area (Å²) in [6.07, 6.45) is 2.67. The van der Waals surface area contributed by atoms with E-state index in [0.29, 0.717) is 6.42 Å². The molecule has 0 bridgehead atoms. The molecule has 1 aromatic rings. The van der Waals surface area contributed by atoms with Gasteiger partial charge < -0.3 is 10.4 Å². The zero-order chi connectivity index (χ0) is 12.7. The van der Waals surface area contributed by atoms with Crippen molar-refractivity contribution in [3.8, 4) is 0 Å². The van der Waals surface area contributed by atoms with Crippen molar-refractivity contribution in [3.63, 3.8) is 0 Å². The lowest BCUT2D eigenvalue weighted by molar-refractivity contribution is -0.384. The number of nitro groups is 1. The highest BCUT2D eigenvalue weighted by Crippen LogP contribution is 2.17. The highest BCUT2D eigenvalue weighted by molar-refractivity contribution is 7.98. The first-order valence-electron chi connectivity index (χ1n) is 5.28. The number of aliphatic hydroxyl groups excluding tert-OH is 1. The summed E-state index contributed by atoms with van der Waals surface area (Å²) >= 11 is 1.70. The molecule has 1 atom stereocenters. The van der Waals surface area contributed by atoms with Gasteiger partial charge in [0.15, 0.2) is 0 Å². The van der Waals surface area contributed by atoms with Crippen LogP contribution < -0.4 is 5.32 Å². The molecule has 1 aromatic carbocycles. The maximum Gasteiger partial charge on any atom is 0.269 e. The van der Waals surface area contributed by atoms with Crippen LogP contribution in [0.1, 0.15) is 6.42 Å². The molecule has 6 heteroatoms. The van der Waals surface area contributed by atoms with Crippen LogP contribution in [0.5, 0.6) is 0 Å². The van der Waals surface area contributed by atoms with Gasteiger partial charge in [-0.05, 0) is 24.8 Å². The summed E-state index contributed by atoms with van der Waals surface area (Å²) in [5, 5.41) is 22.7. The average molecular weight is 256 g/mol. The Bertz CT molecular complexity index is 350. The fraction of sp³-hybridized carbons (Fsp3) is 0.455. The molecule has 0 saturated heterocycles. The van der Waals surface area contributed by atoms with Crippen LogP contribution in [-0.2, 0) is 0 Å². The zero-order valence-electron chi connectivity index (χ0n) is 9.63. The molecular formula is C11H16N2O3S. The van der Waals surface area contributed by atoms with E-state index in [1.807, 2.05) is 6.26 Å². The Morgan fingerprint density at radius 3 is 2.59 bits per heavy atom. The lowest BCUT2D eigenvalue weighted by atomic mass is 10.2. The van der Waals surface area contributed by atoms with Crippen molar-refractivity contribution in [1.82, 2.24) is 0 Å². The molecule has 0 fully saturated rings. The first kappa shape index (κ1) is 13.8. The molecular weight excluding hydrogens is 240 g/mol. The largest absolute Gasteiger partial charge is 0.396 e. The van der Waals surface area contributed by atoms with E-state index in [0.717, 1.165) is 11.4 Å². The molecule has 0 aliphatic rings.